The van der Waals surface area contributed by atoms with E-state index in [2.05, 4.69) is 27.2 Å². The van der Waals surface area contributed by atoms with Gasteiger partial charge in [-0.1, -0.05) is 36.4 Å². The number of benzene rings is 1. The van der Waals surface area contributed by atoms with E-state index >= 15 is 0 Å². The lowest BCUT2D eigenvalue weighted by atomic mass is 10.0. The smallest absolute Gasteiger partial charge is 0.333 e. The van der Waals surface area contributed by atoms with Crippen molar-refractivity contribution < 1.29 is 14.3 Å². The second-order valence-corrected chi connectivity index (χ2v) is 8.23. The van der Waals surface area contributed by atoms with E-state index in [0.717, 1.165) is 0 Å². The van der Waals surface area contributed by atoms with Gasteiger partial charge in [-0.2, -0.15) is 0 Å². The van der Waals surface area contributed by atoms with Crippen LogP contribution >= 0.6 is 0 Å². The molecule has 4 rings (SSSR count). The molecule has 182 valence electrons. The average molecular weight is 477 g/mol. The summed E-state index contributed by atoms with van der Waals surface area (Å²) >= 11 is 0. The maximum atomic E-state index is 13.1. The number of rotatable bonds is 7. The molecule has 10 nitrogen and oxygen atoms in total. The fraction of sp³-hybridized carbons (Fsp3) is 0.320. The summed E-state index contributed by atoms with van der Waals surface area (Å²) in [5, 5.41) is 5.64. The summed E-state index contributed by atoms with van der Waals surface area (Å²) in [7, 11) is 1.29. The maximum Gasteiger partial charge on any atom is 0.333 e. The van der Waals surface area contributed by atoms with Crippen molar-refractivity contribution in [2.45, 2.75) is 31.5 Å². The number of pyridine rings is 1. The predicted molar refractivity (Wildman–Crippen MR) is 132 cm³/mol. The van der Waals surface area contributed by atoms with Gasteiger partial charge in [-0.25, -0.2) is 19.6 Å². The molecule has 0 radical (unpaired) electrons. The van der Waals surface area contributed by atoms with Crippen LogP contribution in [0.25, 0.3) is 11.2 Å². The standard InChI is InChI=1S/C25H28N6O4/c1-3-14-31-21-19(10-7-13-26-21)28-22(23(31)32)30-15-11-18(12-16-30)27-25(34)29-20(24(33)35-2)17-8-5-4-6-9-17/h3-10,13,18,20H,1,11-12,14-16H2,2H3,(H2,27,29,34)/t20-/m1/s1. The molecule has 2 N–H and O–H groups in total. The van der Waals surface area contributed by atoms with Gasteiger partial charge >= 0.3 is 12.0 Å². The molecule has 0 bridgehead atoms. The second kappa shape index (κ2) is 10.8. The number of amides is 2. The highest BCUT2D eigenvalue weighted by atomic mass is 16.5. The number of nitrogens with one attached hydrogen (secondary N) is 2. The molecule has 3 heterocycles. The quantitative estimate of drug-likeness (QED) is 0.396. The zero-order valence-electron chi connectivity index (χ0n) is 19.5. The van der Waals surface area contributed by atoms with E-state index in [1.165, 1.54) is 7.11 Å². The number of carbonyl (C=O) groups is 2. The van der Waals surface area contributed by atoms with E-state index in [-0.39, 0.29) is 11.6 Å². The molecule has 0 saturated carbocycles. The summed E-state index contributed by atoms with van der Waals surface area (Å²) in [5.74, 6) is -0.182. The highest BCUT2D eigenvalue weighted by Gasteiger charge is 2.27. The number of esters is 1. The van der Waals surface area contributed by atoms with Gasteiger partial charge in [0.2, 0.25) is 0 Å². The van der Waals surface area contributed by atoms with Gasteiger partial charge in [-0.05, 0) is 30.5 Å². The normalized spacial score (nSPS) is 14.8. The minimum Gasteiger partial charge on any atom is -0.467 e. The summed E-state index contributed by atoms with van der Waals surface area (Å²) in [6.45, 7) is 5.17. The fourth-order valence-electron chi connectivity index (χ4n) is 4.20. The topological polar surface area (TPSA) is 118 Å². The molecular weight excluding hydrogens is 448 g/mol. The number of ether oxygens (including phenoxy) is 1. The first-order valence-corrected chi connectivity index (χ1v) is 11.4. The molecule has 1 fully saturated rings. The fourth-order valence-corrected chi connectivity index (χ4v) is 4.20. The molecule has 3 aromatic rings. The number of fused-ring (bicyclic) bond motifs is 1. The Morgan fingerprint density at radius 2 is 1.94 bits per heavy atom. The summed E-state index contributed by atoms with van der Waals surface area (Å²) < 4.78 is 6.42. The Kier molecular flexibility index (Phi) is 7.39. The van der Waals surface area contributed by atoms with Gasteiger partial charge < -0.3 is 20.3 Å². The zero-order chi connectivity index (χ0) is 24.8. The first kappa shape index (κ1) is 23.9. The summed E-state index contributed by atoms with van der Waals surface area (Å²) in [4.78, 5) is 48.8. The lowest BCUT2D eigenvalue weighted by molar-refractivity contribution is -0.143. The van der Waals surface area contributed by atoms with Gasteiger partial charge in [0.25, 0.3) is 5.56 Å². The van der Waals surface area contributed by atoms with Crippen molar-refractivity contribution in [2.75, 3.05) is 25.1 Å². The van der Waals surface area contributed by atoms with Crippen LogP contribution in [-0.4, -0.2) is 52.8 Å². The van der Waals surface area contributed by atoms with Crippen LogP contribution in [0.3, 0.4) is 0 Å². The highest BCUT2D eigenvalue weighted by Crippen LogP contribution is 2.19. The Labute approximate surface area is 202 Å². The van der Waals surface area contributed by atoms with Crippen LogP contribution in [-0.2, 0) is 16.1 Å². The Morgan fingerprint density at radius 1 is 1.20 bits per heavy atom. The molecule has 0 aliphatic carbocycles. The number of aromatic nitrogens is 3. The van der Waals surface area contributed by atoms with Crippen molar-refractivity contribution >= 4 is 29.0 Å². The molecule has 35 heavy (non-hydrogen) atoms. The Hall–Kier alpha value is -4.21. The minimum absolute atomic E-state index is 0.113. The van der Waals surface area contributed by atoms with Crippen LogP contribution in [0.15, 0.2) is 66.1 Å². The van der Waals surface area contributed by atoms with Crippen LogP contribution in [0.1, 0.15) is 24.4 Å². The van der Waals surface area contributed by atoms with E-state index < -0.39 is 18.0 Å². The third kappa shape index (κ3) is 5.32. The maximum absolute atomic E-state index is 13.1. The van der Waals surface area contributed by atoms with Crippen molar-refractivity contribution in [2.24, 2.45) is 0 Å². The lowest BCUT2D eigenvalue weighted by Gasteiger charge is -2.33. The van der Waals surface area contributed by atoms with Crippen LogP contribution in [0.5, 0.6) is 0 Å². The molecule has 1 saturated heterocycles. The number of carbonyl (C=O) groups excluding carboxylic acids is 2. The molecule has 2 aromatic heterocycles. The van der Waals surface area contributed by atoms with Gasteiger partial charge in [0.15, 0.2) is 17.5 Å². The largest absolute Gasteiger partial charge is 0.467 e. The second-order valence-electron chi connectivity index (χ2n) is 8.23. The summed E-state index contributed by atoms with van der Waals surface area (Å²) in [5.41, 5.74) is 1.58. The van der Waals surface area contributed by atoms with Crippen molar-refractivity contribution in [3.63, 3.8) is 0 Å². The molecule has 2 amide bonds. The molecule has 1 aliphatic heterocycles. The van der Waals surface area contributed by atoms with Gasteiger partial charge in [0, 0.05) is 31.9 Å². The third-order valence-corrected chi connectivity index (χ3v) is 5.97. The van der Waals surface area contributed by atoms with E-state index in [1.807, 2.05) is 17.0 Å². The van der Waals surface area contributed by atoms with Gasteiger partial charge in [-0.15, -0.1) is 6.58 Å². The number of nitrogens with zero attached hydrogens (tertiary/aromatic N) is 4. The van der Waals surface area contributed by atoms with E-state index in [4.69, 9.17) is 4.74 Å². The van der Waals surface area contributed by atoms with Crippen molar-refractivity contribution in [3.8, 4) is 0 Å². The summed E-state index contributed by atoms with van der Waals surface area (Å²) in [6.07, 6.45) is 4.53. The van der Waals surface area contributed by atoms with Gasteiger partial charge in [-0.3, -0.25) is 9.36 Å². The predicted octanol–water partition coefficient (Wildman–Crippen LogP) is 2.16. The minimum atomic E-state index is -0.903. The van der Waals surface area contributed by atoms with E-state index in [9.17, 15) is 14.4 Å². The number of hydrogen-bond donors (Lipinski definition) is 2. The highest BCUT2D eigenvalue weighted by molar-refractivity contribution is 5.84. The van der Waals surface area contributed by atoms with Crippen molar-refractivity contribution in [3.05, 3.63) is 77.2 Å². The van der Waals surface area contributed by atoms with Crippen molar-refractivity contribution in [1.29, 1.82) is 0 Å². The van der Waals surface area contributed by atoms with Crippen LogP contribution in [0.2, 0.25) is 0 Å². The Bertz CT molecular complexity index is 1270. The Balaban J connectivity index is 1.42. The number of urea groups is 1. The monoisotopic (exact) mass is 476 g/mol. The number of allylic oxidation sites excluding steroid dienone is 1. The molecular formula is C25H28N6O4. The Morgan fingerprint density at radius 3 is 2.63 bits per heavy atom. The third-order valence-electron chi connectivity index (χ3n) is 5.97. The lowest BCUT2D eigenvalue weighted by Crippen LogP contribution is -2.50. The number of anilines is 1. The number of hydrogen-bond acceptors (Lipinski definition) is 7. The first-order valence-electron chi connectivity index (χ1n) is 11.4. The molecule has 0 unspecified atom stereocenters. The van der Waals surface area contributed by atoms with Crippen LogP contribution in [0.4, 0.5) is 10.6 Å². The average Bonchev–Trinajstić information content (AvgIpc) is 2.89. The number of methoxy groups -OCH3 is 1. The van der Waals surface area contributed by atoms with Crippen LogP contribution < -0.4 is 21.1 Å². The SMILES string of the molecule is C=CCn1c(=O)c(N2CCC(NC(=O)N[C@@H](C(=O)OC)c3ccccc3)CC2)nc2cccnc21. The van der Waals surface area contributed by atoms with Crippen LogP contribution in [0, 0.1) is 0 Å². The first-order chi connectivity index (χ1) is 17.0. The zero-order valence-corrected chi connectivity index (χ0v) is 19.5. The summed E-state index contributed by atoms with van der Waals surface area (Å²) in [6, 6.07) is 11.1. The molecule has 0 spiro atoms. The van der Waals surface area contributed by atoms with E-state index in [1.54, 1.807) is 47.2 Å². The van der Waals surface area contributed by atoms with Gasteiger partial charge in [0.1, 0.15) is 5.52 Å². The van der Waals surface area contributed by atoms with Crippen molar-refractivity contribution in [1.82, 2.24) is 25.2 Å². The van der Waals surface area contributed by atoms with E-state index in [0.29, 0.717) is 55.0 Å². The molecule has 10 heteroatoms. The molecule has 1 aliphatic rings. The molecule has 1 aromatic carbocycles. The number of piperidine rings is 1. The van der Waals surface area contributed by atoms with Gasteiger partial charge in [0.05, 0.1) is 7.11 Å². The molecule has 1 atom stereocenters.